The molecule has 80 heavy (non-hydrogen) atoms. The number of hydrogen-bond acceptors (Lipinski definition) is 10. The number of allylic oxidation sites excluding steroid dienone is 30. The second-order valence-corrected chi connectivity index (χ2v) is 20.1. The summed E-state index contributed by atoms with van der Waals surface area (Å²) in [7, 11) is -4.80. The zero-order valence-electron chi connectivity index (χ0n) is 49.2. The summed E-state index contributed by atoms with van der Waals surface area (Å²) in [5, 5.41) is 9.83. The van der Waals surface area contributed by atoms with Gasteiger partial charge in [-0.25, -0.2) is 4.57 Å². The molecule has 3 unspecified atom stereocenters. The van der Waals surface area contributed by atoms with Gasteiger partial charge in [0, 0.05) is 19.3 Å². The number of carbonyl (C=O) groups excluding carboxylic acids is 3. The zero-order chi connectivity index (χ0) is 58.3. The number of hydrogen-bond donors (Lipinski definition) is 2. The number of phosphoric acid groups is 1. The minimum Gasteiger partial charge on any atom is -0.462 e. The van der Waals surface area contributed by atoms with Crippen molar-refractivity contribution in [2.75, 3.05) is 26.4 Å². The second kappa shape index (κ2) is 59.7. The third-order valence-corrected chi connectivity index (χ3v) is 12.3. The van der Waals surface area contributed by atoms with E-state index in [-0.39, 0.29) is 19.3 Å². The fourth-order valence-electron chi connectivity index (χ4n) is 6.94. The van der Waals surface area contributed by atoms with Crippen molar-refractivity contribution >= 4 is 25.7 Å². The summed E-state index contributed by atoms with van der Waals surface area (Å²) in [5.41, 5.74) is 0. The van der Waals surface area contributed by atoms with Crippen molar-refractivity contribution in [3.8, 4) is 0 Å². The van der Waals surface area contributed by atoms with Crippen molar-refractivity contribution in [3.63, 3.8) is 0 Å². The first kappa shape index (κ1) is 74.6. The molecule has 0 saturated heterocycles. The number of rotatable bonds is 52. The van der Waals surface area contributed by atoms with Gasteiger partial charge in [-0.05, 0) is 135 Å². The lowest BCUT2D eigenvalue weighted by Crippen LogP contribution is -2.30. The highest BCUT2D eigenvalue weighted by molar-refractivity contribution is 7.47. The molecule has 11 nitrogen and oxygen atoms in total. The predicted octanol–water partition coefficient (Wildman–Crippen LogP) is 18.0. The minimum absolute atomic E-state index is 0.0598. The smallest absolute Gasteiger partial charge is 0.462 e. The van der Waals surface area contributed by atoms with Crippen molar-refractivity contribution in [2.24, 2.45) is 0 Å². The van der Waals surface area contributed by atoms with Gasteiger partial charge < -0.3 is 24.2 Å². The van der Waals surface area contributed by atoms with Crippen LogP contribution in [0.15, 0.2) is 182 Å². The van der Waals surface area contributed by atoms with Crippen LogP contribution in [0.25, 0.3) is 0 Å². The predicted molar refractivity (Wildman–Crippen MR) is 334 cm³/mol. The van der Waals surface area contributed by atoms with E-state index in [4.69, 9.17) is 23.3 Å². The fourth-order valence-corrected chi connectivity index (χ4v) is 7.72. The summed E-state index contributed by atoms with van der Waals surface area (Å²) in [5.74, 6) is -1.69. The van der Waals surface area contributed by atoms with Crippen molar-refractivity contribution in [1.82, 2.24) is 0 Å². The Labute approximate surface area is 484 Å². The number of esters is 3. The van der Waals surface area contributed by atoms with E-state index < -0.39 is 64.4 Å². The topological polar surface area (TPSA) is 155 Å². The Hall–Kier alpha value is -5.42. The Bertz CT molecular complexity index is 2040. The summed E-state index contributed by atoms with van der Waals surface area (Å²) in [6.45, 7) is 4.09. The Balaban J connectivity index is 4.96. The van der Waals surface area contributed by atoms with Gasteiger partial charge in [0.2, 0.25) is 0 Å². The highest BCUT2D eigenvalue weighted by Gasteiger charge is 2.28. The third kappa shape index (κ3) is 57.3. The molecule has 0 fully saturated rings. The number of carbonyl (C=O) groups is 3. The molecule has 0 aliphatic carbocycles. The summed E-state index contributed by atoms with van der Waals surface area (Å²) in [6, 6.07) is 0. The van der Waals surface area contributed by atoms with Crippen LogP contribution in [0.3, 0.4) is 0 Å². The lowest BCUT2D eigenvalue weighted by molar-refractivity contribution is -0.161. The van der Waals surface area contributed by atoms with Crippen LogP contribution >= 0.6 is 7.82 Å². The van der Waals surface area contributed by atoms with Crippen LogP contribution in [0.5, 0.6) is 0 Å². The van der Waals surface area contributed by atoms with Gasteiger partial charge in [0.1, 0.15) is 12.7 Å². The summed E-state index contributed by atoms with van der Waals surface area (Å²) in [6.07, 6.45) is 81.6. The standard InChI is InChI=1S/C68H103O11P/c1-4-7-10-13-16-19-22-25-28-31-32-35-36-39-42-45-48-51-54-57-66(70)75-61-65(79-68(72)59-56-53-50-47-44-41-38-34-30-27-24-21-18-15-12-9-6-3)63-77-80(73,74)76-62-64(60-69)78-67(71)58-55-52-49-46-43-40-37-33-29-26-23-20-17-14-11-8-5-2/h7-12,16-21,25-30,32,35,37-42,47-48,50-51,64-65,69H,4-6,13-15,22-24,31,33-34,36,43-46,49,52-63H2,1-3H3,(H,73,74)/b10-7-,11-8-,12-9-,19-16-,20-17-,21-18-,28-25-,29-26-,30-27-,35-32-,40-37-,41-38-,42-39-,50-47-,51-48-. The highest BCUT2D eigenvalue weighted by atomic mass is 31.2. The van der Waals surface area contributed by atoms with Crippen LogP contribution in [-0.4, -0.2) is 66.5 Å². The van der Waals surface area contributed by atoms with E-state index in [0.717, 1.165) is 122 Å². The van der Waals surface area contributed by atoms with E-state index in [1.807, 2.05) is 24.3 Å². The van der Waals surface area contributed by atoms with Gasteiger partial charge >= 0.3 is 25.7 Å². The van der Waals surface area contributed by atoms with E-state index in [1.165, 1.54) is 0 Å². The van der Waals surface area contributed by atoms with Gasteiger partial charge in [-0.1, -0.05) is 216 Å². The molecule has 0 heterocycles. The summed E-state index contributed by atoms with van der Waals surface area (Å²) in [4.78, 5) is 48.6. The van der Waals surface area contributed by atoms with Crippen LogP contribution in [0.1, 0.15) is 188 Å². The van der Waals surface area contributed by atoms with Gasteiger partial charge in [-0.15, -0.1) is 0 Å². The Kier molecular flexibility index (Phi) is 55.7. The normalized spacial score (nSPS) is 14.6. The van der Waals surface area contributed by atoms with Gasteiger partial charge in [-0.3, -0.25) is 23.4 Å². The maximum atomic E-state index is 12.9. The quantitative estimate of drug-likeness (QED) is 0.0197. The van der Waals surface area contributed by atoms with Crippen LogP contribution in [0.2, 0.25) is 0 Å². The van der Waals surface area contributed by atoms with E-state index >= 15 is 0 Å². The SMILES string of the molecule is CC/C=C\C/C=C\C/C=C\C/C=C\C/C=C\C/C=C\CCC(=O)OCC(COP(=O)(O)OCC(CO)OC(=O)CCCCCC/C=C\C/C=C\C/C=C\C/C=C\CC)OC(=O)CCC/C=C\C/C=C\C/C=C\C/C=C\C/C=C\CC. The summed E-state index contributed by atoms with van der Waals surface area (Å²) < 4.78 is 39.4. The molecular formula is C68H103O11P. The molecule has 0 spiro atoms. The number of unbranched alkanes of at least 4 members (excludes halogenated alkanes) is 5. The third-order valence-electron chi connectivity index (χ3n) is 11.3. The average Bonchev–Trinajstić information content (AvgIpc) is 3.45. The molecule has 446 valence electrons. The van der Waals surface area contributed by atoms with Gasteiger partial charge in [0.05, 0.1) is 19.8 Å². The molecule has 12 heteroatoms. The fraction of sp³-hybridized carbons (Fsp3) is 0.515. The summed E-state index contributed by atoms with van der Waals surface area (Å²) >= 11 is 0. The van der Waals surface area contributed by atoms with E-state index in [1.54, 1.807) is 0 Å². The molecule has 0 saturated carbocycles. The number of phosphoric ester groups is 1. The molecule has 0 bridgehead atoms. The molecule has 0 radical (unpaired) electrons. The second-order valence-electron chi connectivity index (χ2n) is 18.7. The molecule has 0 aliphatic rings. The number of aliphatic hydroxyl groups excluding tert-OH is 1. The van der Waals surface area contributed by atoms with Crippen molar-refractivity contribution in [1.29, 1.82) is 0 Å². The first-order valence-electron chi connectivity index (χ1n) is 29.7. The lowest BCUT2D eigenvalue weighted by atomic mass is 10.1. The number of ether oxygens (including phenoxy) is 3. The molecule has 0 aromatic heterocycles. The molecular weight excluding hydrogens is 1020 g/mol. The van der Waals surface area contributed by atoms with E-state index in [2.05, 4.69) is 179 Å². The van der Waals surface area contributed by atoms with Gasteiger partial charge in [-0.2, -0.15) is 0 Å². The number of aliphatic hydroxyl groups is 1. The minimum atomic E-state index is -4.80. The van der Waals surface area contributed by atoms with Crippen molar-refractivity contribution in [2.45, 2.75) is 200 Å². The molecule has 3 atom stereocenters. The van der Waals surface area contributed by atoms with E-state index in [0.29, 0.717) is 25.7 Å². The van der Waals surface area contributed by atoms with E-state index in [9.17, 15) is 28.9 Å². The Morgan fingerprint density at radius 3 is 1.02 bits per heavy atom. The monoisotopic (exact) mass is 1130 g/mol. The molecule has 0 aliphatic heterocycles. The van der Waals surface area contributed by atoms with Crippen LogP contribution in [0.4, 0.5) is 0 Å². The van der Waals surface area contributed by atoms with Gasteiger partial charge in [0.25, 0.3) is 0 Å². The maximum Gasteiger partial charge on any atom is 0.472 e. The first-order chi connectivity index (χ1) is 39.2. The Morgan fingerprint density at radius 1 is 0.350 bits per heavy atom. The van der Waals surface area contributed by atoms with Crippen LogP contribution in [0, 0.1) is 0 Å². The average molecular weight is 1130 g/mol. The molecule has 0 amide bonds. The van der Waals surface area contributed by atoms with Crippen LogP contribution in [-0.2, 0) is 42.2 Å². The van der Waals surface area contributed by atoms with Gasteiger partial charge in [0.15, 0.2) is 6.10 Å². The Morgan fingerprint density at radius 2 is 0.650 bits per heavy atom. The first-order valence-corrected chi connectivity index (χ1v) is 31.2. The molecule has 0 aromatic rings. The lowest BCUT2D eigenvalue weighted by Gasteiger charge is -2.21. The largest absolute Gasteiger partial charge is 0.472 e. The molecule has 0 aromatic carbocycles. The maximum absolute atomic E-state index is 12.9. The van der Waals surface area contributed by atoms with Crippen molar-refractivity contribution < 1.29 is 52.2 Å². The van der Waals surface area contributed by atoms with Crippen LogP contribution < -0.4 is 0 Å². The molecule has 0 rings (SSSR count). The molecule has 2 N–H and O–H groups in total. The van der Waals surface area contributed by atoms with Crippen molar-refractivity contribution in [3.05, 3.63) is 182 Å². The highest BCUT2D eigenvalue weighted by Crippen LogP contribution is 2.43. The zero-order valence-corrected chi connectivity index (χ0v) is 50.1.